The average Bonchev–Trinajstić information content (AvgIpc) is 2.91. The van der Waals surface area contributed by atoms with E-state index in [9.17, 15) is 0 Å². The SMILES string of the molecule is C=Cc1ccc2c(ccc3cc(CCCc4ccc5c(ccc6cc(C=C)ccc65)c4)ccc32)c1. The van der Waals surface area contributed by atoms with Crippen LogP contribution in [0.1, 0.15) is 28.7 Å². The quantitative estimate of drug-likeness (QED) is 0.222. The number of fused-ring (bicyclic) bond motifs is 6. The van der Waals surface area contributed by atoms with E-state index in [4.69, 9.17) is 0 Å². The molecule has 6 aromatic carbocycles. The van der Waals surface area contributed by atoms with Crippen molar-refractivity contribution >= 4 is 55.2 Å². The first-order chi connectivity index (χ1) is 17.2. The van der Waals surface area contributed by atoms with Crippen LogP contribution in [-0.2, 0) is 12.8 Å². The lowest BCUT2D eigenvalue weighted by atomic mass is 9.95. The van der Waals surface area contributed by atoms with Gasteiger partial charge in [-0.15, -0.1) is 0 Å². The summed E-state index contributed by atoms with van der Waals surface area (Å²) < 4.78 is 0. The van der Waals surface area contributed by atoms with Gasteiger partial charge in [0.15, 0.2) is 0 Å². The van der Waals surface area contributed by atoms with Crippen molar-refractivity contribution in [2.24, 2.45) is 0 Å². The van der Waals surface area contributed by atoms with Crippen molar-refractivity contribution in [1.29, 1.82) is 0 Å². The van der Waals surface area contributed by atoms with Crippen molar-refractivity contribution in [3.05, 3.63) is 132 Å². The molecule has 0 saturated carbocycles. The lowest BCUT2D eigenvalue weighted by molar-refractivity contribution is 0.822. The van der Waals surface area contributed by atoms with Crippen LogP contribution >= 0.6 is 0 Å². The van der Waals surface area contributed by atoms with E-state index in [0.717, 1.165) is 30.4 Å². The van der Waals surface area contributed by atoms with Crippen molar-refractivity contribution in [3.8, 4) is 0 Å². The monoisotopic (exact) mass is 448 g/mol. The van der Waals surface area contributed by atoms with Crippen LogP contribution in [0.2, 0.25) is 0 Å². The molecule has 168 valence electrons. The van der Waals surface area contributed by atoms with E-state index in [1.54, 1.807) is 0 Å². The Morgan fingerprint density at radius 1 is 0.429 bits per heavy atom. The third kappa shape index (κ3) is 4.02. The zero-order valence-corrected chi connectivity index (χ0v) is 19.9. The maximum atomic E-state index is 3.89. The molecule has 0 heteroatoms. The average molecular weight is 449 g/mol. The van der Waals surface area contributed by atoms with Crippen LogP contribution in [0.5, 0.6) is 0 Å². The molecule has 35 heavy (non-hydrogen) atoms. The summed E-state index contributed by atoms with van der Waals surface area (Å²) in [5.41, 5.74) is 5.14. The third-order valence-corrected chi connectivity index (χ3v) is 7.25. The summed E-state index contributed by atoms with van der Waals surface area (Å²) in [6, 6.07) is 36.0. The van der Waals surface area contributed by atoms with Crippen molar-refractivity contribution < 1.29 is 0 Å². The van der Waals surface area contributed by atoms with Gasteiger partial charge in [-0.25, -0.2) is 0 Å². The lowest BCUT2D eigenvalue weighted by Gasteiger charge is -2.09. The van der Waals surface area contributed by atoms with Gasteiger partial charge >= 0.3 is 0 Å². The van der Waals surface area contributed by atoms with Gasteiger partial charge in [-0.05, 0) is 96.7 Å². The maximum absolute atomic E-state index is 3.89. The lowest BCUT2D eigenvalue weighted by Crippen LogP contribution is -1.91. The summed E-state index contributed by atoms with van der Waals surface area (Å²) in [5, 5.41) is 10.4. The van der Waals surface area contributed by atoms with Gasteiger partial charge in [0.25, 0.3) is 0 Å². The Balaban J connectivity index is 1.20. The molecule has 0 N–H and O–H groups in total. The fourth-order valence-corrected chi connectivity index (χ4v) is 5.34. The Morgan fingerprint density at radius 3 is 1.20 bits per heavy atom. The highest BCUT2D eigenvalue weighted by molar-refractivity contribution is 6.09. The number of benzene rings is 6. The molecule has 0 aliphatic carbocycles. The predicted octanol–water partition coefficient (Wildman–Crippen LogP) is 9.76. The van der Waals surface area contributed by atoms with Gasteiger partial charge in [-0.3, -0.25) is 0 Å². The van der Waals surface area contributed by atoms with E-state index in [1.165, 1.54) is 54.2 Å². The maximum Gasteiger partial charge on any atom is -0.0105 e. The van der Waals surface area contributed by atoms with E-state index >= 15 is 0 Å². The van der Waals surface area contributed by atoms with Gasteiger partial charge in [-0.2, -0.15) is 0 Å². The summed E-state index contributed by atoms with van der Waals surface area (Å²) in [4.78, 5) is 0. The summed E-state index contributed by atoms with van der Waals surface area (Å²) >= 11 is 0. The van der Waals surface area contributed by atoms with Crippen molar-refractivity contribution in [1.82, 2.24) is 0 Å². The van der Waals surface area contributed by atoms with Gasteiger partial charge < -0.3 is 0 Å². The van der Waals surface area contributed by atoms with E-state index < -0.39 is 0 Å². The van der Waals surface area contributed by atoms with Crippen molar-refractivity contribution in [2.45, 2.75) is 19.3 Å². The molecule has 0 fully saturated rings. The van der Waals surface area contributed by atoms with Gasteiger partial charge in [0.1, 0.15) is 0 Å². The minimum atomic E-state index is 1.09. The van der Waals surface area contributed by atoms with Crippen molar-refractivity contribution in [2.75, 3.05) is 0 Å². The Labute approximate surface area is 206 Å². The first-order valence-electron chi connectivity index (χ1n) is 12.4. The highest BCUT2D eigenvalue weighted by atomic mass is 14.1. The fourth-order valence-electron chi connectivity index (χ4n) is 5.34. The summed E-state index contributed by atoms with van der Waals surface area (Å²) in [6.07, 6.45) is 7.13. The van der Waals surface area contributed by atoms with Crippen LogP contribution < -0.4 is 0 Å². The molecular weight excluding hydrogens is 420 g/mol. The highest BCUT2D eigenvalue weighted by Crippen LogP contribution is 2.29. The molecule has 0 bridgehead atoms. The highest BCUT2D eigenvalue weighted by Gasteiger charge is 2.05. The van der Waals surface area contributed by atoms with Crippen LogP contribution in [0.25, 0.3) is 55.2 Å². The van der Waals surface area contributed by atoms with Crippen LogP contribution in [0.3, 0.4) is 0 Å². The second-order valence-electron chi connectivity index (χ2n) is 9.47. The van der Waals surface area contributed by atoms with Gasteiger partial charge in [0, 0.05) is 0 Å². The molecule has 0 atom stereocenters. The number of hydrogen-bond donors (Lipinski definition) is 0. The topological polar surface area (TPSA) is 0 Å². The van der Waals surface area contributed by atoms with Crippen LogP contribution in [0.4, 0.5) is 0 Å². The molecule has 0 aliphatic heterocycles. The molecule has 0 aromatic heterocycles. The minimum Gasteiger partial charge on any atom is -0.0985 e. The molecule has 0 unspecified atom stereocenters. The zero-order chi connectivity index (χ0) is 23.8. The molecule has 0 nitrogen and oxygen atoms in total. The van der Waals surface area contributed by atoms with E-state index in [1.807, 2.05) is 12.2 Å². The predicted molar refractivity (Wildman–Crippen MR) is 155 cm³/mol. The van der Waals surface area contributed by atoms with Crippen LogP contribution in [0.15, 0.2) is 110 Å². The molecule has 0 amide bonds. The number of rotatable bonds is 6. The first-order valence-corrected chi connectivity index (χ1v) is 12.4. The molecule has 0 spiro atoms. The van der Waals surface area contributed by atoms with Crippen LogP contribution in [-0.4, -0.2) is 0 Å². The standard InChI is InChI=1S/C35H28/c1-3-24-8-16-32-28(20-24)12-14-30-22-26(10-18-34(30)32)6-5-7-27-11-19-35-31(23-27)15-13-29-21-25(4-2)9-17-33(29)35/h3-4,8-23H,1-2,5-7H2. The fraction of sp³-hybridized carbons (Fsp3) is 0.0857. The Bertz CT molecular complexity index is 1620. The smallest absolute Gasteiger partial charge is 0.0105 e. The van der Waals surface area contributed by atoms with Gasteiger partial charge in [0.2, 0.25) is 0 Å². The van der Waals surface area contributed by atoms with Crippen molar-refractivity contribution in [3.63, 3.8) is 0 Å². The zero-order valence-electron chi connectivity index (χ0n) is 19.9. The summed E-state index contributed by atoms with van der Waals surface area (Å²) in [7, 11) is 0. The van der Waals surface area contributed by atoms with E-state index in [0.29, 0.717) is 0 Å². The molecule has 6 rings (SSSR count). The normalized spacial score (nSPS) is 11.4. The van der Waals surface area contributed by atoms with E-state index in [2.05, 4.69) is 110 Å². The number of aryl methyl sites for hydroxylation is 2. The Hall–Kier alpha value is -4.16. The summed E-state index contributed by atoms with van der Waals surface area (Å²) in [6.45, 7) is 7.78. The third-order valence-electron chi connectivity index (χ3n) is 7.25. The minimum absolute atomic E-state index is 1.09. The molecule has 0 radical (unpaired) electrons. The van der Waals surface area contributed by atoms with Crippen LogP contribution in [0, 0.1) is 0 Å². The largest absolute Gasteiger partial charge is 0.0985 e. The molecular formula is C35H28. The molecule has 0 heterocycles. The first kappa shape index (κ1) is 21.4. The summed E-state index contributed by atoms with van der Waals surface area (Å²) in [5.74, 6) is 0. The molecule has 0 aliphatic rings. The number of hydrogen-bond acceptors (Lipinski definition) is 0. The van der Waals surface area contributed by atoms with Gasteiger partial charge in [-0.1, -0.05) is 110 Å². The second kappa shape index (κ2) is 8.89. The molecule has 0 saturated heterocycles. The Morgan fingerprint density at radius 2 is 0.800 bits per heavy atom. The van der Waals surface area contributed by atoms with Gasteiger partial charge in [0.05, 0.1) is 0 Å². The molecule has 6 aromatic rings. The second-order valence-corrected chi connectivity index (χ2v) is 9.47. The van der Waals surface area contributed by atoms with E-state index in [-0.39, 0.29) is 0 Å². The Kier molecular flexibility index (Phi) is 5.43.